The molecule has 2 rings (SSSR count). The normalized spacial score (nSPS) is 26.2. The molecule has 1 saturated carbocycles. The van der Waals surface area contributed by atoms with Gasteiger partial charge in [0.25, 0.3) is 0 Å². The fourth-order valence-electron chi connectivity index (χ4n) is 3.95. The Morgan fingerprint density at radius 1 is 1.19 bits per heavy atom. The third-order valence-corrected chi connectivity index (χ3v) is 5.30. The van der Waals surface area contributed by atoms with Gasteiger partial charge in [-0.15, -0.1) is 0 Å². The van der Waals surface area contributed by atoms with E-state index in [4.69, 9.17) is 5.73 Å². The Morgan fingerprint density at radius 2 is 1.86 bits per heavy atom. The number of hydrogen-bond donors (Lipinski definition) is 1. The van der Waals surface area contributed by atoms with E-state index in [9.17, 15) is 0 Å². The van der Waals surface area contributed by atoms with Crippen molar-refractivity contribution in [2.45, 2.75) is 65.0 Å². The minimum absolute atomic E-state index is 0.218. The minimum atomic E-state index is 0.218. The van der Waals surface area contributed by atoms with Crippen molar-refractivity contribution in [1.82, 2.24) is 4.90 Å². The van der Waals surface area contributed by atoms with Gasteiger partial charge >= 0.3 is 0 Å². The van der Waals surface area contributed by atoms with Crippen molar-refractivity contribution < 1.29 is 0 Å². The second-order valence-electron chi connectivity index (χ2n) is 6.81. The van der Waals surface area contributed by atoms with Gasteiger partial charge in [0.2, 0.25) is 0 Å². The maximum absolute atomic E-state index is 6.23. The molecule has 2 N–H and O–H groups in total. The van der Waals surface area contributed by atoms with Gasteiger partial charge in [-0.25, -0.2) is 0 Å². The fourth-order valence-corrected chi connectivity index (χ4v) is 3.95. The third-order valence-electron chi connectivity index (χ3n) is 5.30. The van der Waals surface area contributed by atoms with Crippen molar-refractivity contribution in [2.24, 2.45) is 11.7 Å². The van der Waals surface area contributed by atoms with Crippen LogP contribution in [0.5, 0.6) is 0 Å². The van der Waals surface area contributed by atoms with Crippen molar-refractivity contribution in [3.8, 4) is 0 Å². The van der Waals surface area contributed by atoms with Crippen LogP contribution >= 0.6 is 0 Å². The van der Waals surface area contributed by atoms with E-state index in [1.54, 1.807) is 0 Å². The molecule has 0 aliphatic heterocycles. The Bertz CT molecular complexity index is 426. The Labute approximate surface area is 130 Å². The Balaban J connectivity index is 2.12. The SMILES string of the molecule is CCc1ccc(CN(CC)C2(CN)CCCC(C)C2)cc1. The largest absolute Gasteiger partial charge is 0.329 e. The summed E-state index contributed by atoms with van der Waals surface area (Å²) >= 11 is 0. The molecule has 0 saturated heterocycles. The van der Waals surface area contributed by atoms with Crippen molar-refractivity contribution in [3.05, 3.63) is 35.4 Å². The van der Waals surface area contributed by atoms with Gasteiger partial charge in [-0.2, -0.15) is 0 Å². The summed E-state index contributed by atoms with van der Waals surface area (Å²) in [5.41, 5.74) is 9.29. The quantitative estimate of drug-likeness (QED) is 0.858. The van der Waals surface area contributed by atoms with Crippen LogP contribution in [0.2, 0.25) is 0 Å². The number of nitrogens with two attached hydrogens (primary N) is 1. The molecule has 0 bridgehead atoms. The van der Waals surface area contributed by atoms with E-state index in [1.165, 1.54) is 36.8 Å². The molecule has 0 amide bonds. The summed E-state index contributed by atoms with van der Waals surface area (Å²) in [4.78, 5) is 2.63. The number of benzene rings is 1. The Morgan fingerprint density at radius 3 is 2.38 bits per heavy atom. The monoisotopic (exact) mass is 288 g/mol. The van der Waals surface area contributed by atoms with Crippen LogP contribution in [0.25, 0.3) is 0 Å². The molecular weight excluding hydrogens is 256 g/mol. The van der Waals surface area contributed by atoms with Gasteiger partial charge in [0.15, 0.2) is 0 Å². The number of aryl methyl sites for hydroxylation is 1. The lowest BCUT2D eigenvalue weighted by atomic mass is 9.75. The average molecular weight is 288 g/mol. The van der Waals surface area contributed by atoms with Gasteiger partial charge in [0, 0.05) is 18.6 Å². The average Bonchev–Trinajstić information content (AvgIpc) is 2.53. The molecule has 118 valence electrons. The zero-order valence-corrected chi connectivity index (χ0v) is 14.1. The topological polar surface area (TPSA) is 29.3 Å². The summed E-state index contributed by atoms with van der Waals surface area (Å²) in [6.07, 6.45) is 6.31. The second-order valence-corrected chi connectivity index (χ2v) is 6.81. The van der Waals surface area contributed by atoms with E-state index in [-0.39, 0.29) is 5.54 Å². The maximum Gasteiger partial charge on any atom is 0.0337 e. The summed E-state index contributed by atoms with van der Waals surface area (Å²) in [6.45, 7) is 9.77. The highest BCUT2D eigenvalue weighted by molar-refractivity contribution is 5.22. The molecule has 1 aromatic carbocycles. The van der Waals surface area contributed by atoms with E-state index in [0.717, 1.165) is 32.0 Å². The van der Waals surface area contributed by atoms with Gasteiger partial charge in [0.05, 0.1) is 0 Å². The predicted octanol–water partition coefficient (Wildman–Crippen LogP) is 3.98. The minimum Gasteiger partial charge on any atom is -0.329 e. The molecule has 0 spiro atoms. The summed E-state index contributed by atoms with van der Waals surface area (Å²) in [6, 6.07) is 9.11. The fraction of sp³-hybridized carbons (Fsp3) is 0.684. The van der Waals surface area contributed by atoms with Crippen LogP contribution in [0.15, 0.2) is 24.3 Å². The molecule has 1 aromatic rings. The lowest BCUT2D eigenvalue weighted by molar-refractivity contribution is 0.0367. The van der Waals surface area contributed by atoms with Crippen molar-refractivity contribution >= 4 is 0 Å². The molecule has 0 radical (unpaired) electrons. The number of nitrogens with zero attached hydrogens (tertiary/aromatic N) is 1. The van der Waals surface area contributed by atoms with Crippen LogP contribution in [0.1, 0.15) is 57.6 Å². The molecule has 1 fully saturated rings. The van der Waals surface area contributed by atoms with Gasteiger partial charge in [-0.1, -0.05) is 57.9 Å². The number of likely N-dealkylation sites (N-methyl/N-ethyl adjacent to an activating group) is 1. The Kier molecular flexibility index (Phi) is 5.83. The van der Waals surface area contributed by atoms with Gasteiger partial charge in [-0.05, 0) is 42.9 Å². The van der Waals surface area contributed by atoms with E-state index in [2.05, 4.69) is 49.9 Å². The third kappa shape index (κ3) is 3.87. The van der Waals surface area contributed by atoms with Gasteiger partial charge < -0.3 is 5.73 Å². The molecule has 0 aromatic heterocycles. The van der Waals surface area contributed by atoms with Crippen LogP contribution in [-0.2, 0) is 13.0 Å². The van der Waals surface area contributed by atoms with E-state index >= 15 is 0 Å². The van der Waals surface area contributed by atoms with Crippen LogP contribution in [0.4, 0.5) is 0 Å². The van der Waals surface area contributed by atoms with E-state index in [0.29, 0.717) is 0 Å². The standard InChI is InChI=1S/C19H32N2/c1-4-17-8-10-18(11-9-17)14-21(5-2)19(15-20)12-6-7-16(3)13-19/h8-11,16H,4-7,12-15,20H2,1-3H3. The molecule has 1 aliphatic rings. The first-order valence-electron chi connectivity index (χ1n) is 8.66. The van der Waals surface area contributed by atoms with Gasteiger partial charge in [0.1, 0.15) is 0 Å². The summed E-state index contributed by atoms with van der Waals surface area (Å²) in [5.74, 6) is 0.804. The van der Waals surface area contributed by atoms with Crippen LogP contribution in [-0.4, -0.2) is 23.5 Å². The first kappa shape index (κ1) is 16.5. The summed E-state index contributed by atoms with van der Waals surface area (Å²) in [7, 11) is 0. The highest BCUT2D eigenvalue weighted by atomic mass is 15.2. The molecule has 1 aliphatic carbocycles. The molecule has 2 nitrogen and oxygen atoms in total. The molecule has 2 heteroatoms. The molecular formula is C19H32N2. The van der Waals surface area contributed by atoms with Crippen molar-refractivity contribution in [1.29, 1.82) is 0 Å². The lowest BCUT2D eigenvalue weighted by Gasteiger charge is -2.47. The zero-order chi connectivity index (χ0) is 15.3. The van der Waals surface area contributed by atoms with Crippen LogP contribution < -0.4 is 5.73 Å². The van der Waals surface area contributed by atoms with Crippen LogP contribution in [0.3, 0.4) is 0 Å². The molecule has 2 unspecified atom stereocenters. The molecule has 0 heterocycles. The highest BCUT2D eigenvalue weighted by Crippen LogP contribution is 2.37. The molecule has 21 heavy (non-hydrogen) atoms. The summed E-state index contributed by atoms with van der Waals surface area (Å²) in [5, 5.41) is 0. The predicted molar refractivity (Wildman–Crippen MR) is 91.3 cm³/mol. The number of hydrogen-bond acceptors (Lipinski definition) is 2. The highest BCUT2D eigenvalue weighted by Gasteiger charge is 2.38. The van der Waals surface area contributed by atoms with Crippen molar-refractivity contribution in [2.75, 3.05) is 13.1 Å². The van der Waals surface area contributed by atoms with E-state index < -0.39 is 0 Å². The van der Waals surface area contributed by atoms with E-state index in [1.807, 2.05) is 0 Å². The first-order valence-corrected chi connectivity index (χ1v) is 8.66. The van der Waals surface area contributed by atoms with Crippen molar-refractivity contribution in [3.63, 3.8) is 0 Å². The van der Waals surface area contributed by atoms with Gasteiger partial charge in [-0.3, -0.25) is 4.90 Å². The zero-order valence-electron chi connectivity index (χ0n) is 14.1. The first-order chi connectivity index (χ1) is 10.1. The molecule has 2 atom stereocenters. The van der Waals surface area contributed by atoms with Crippen LogP contribution in [0, 0.1) is 5.92 Å². The summed E-state index contributed by atoms with van der Waals surface area (Å²) < 4.78 is 0. The maximum atomic E-state index is 6.23. The number of rotatable bonds is 6. The lowest BCUT2D eigenvalue weighted by Crippen LogP contribution is -2.55. The smallest absolute Gasteiger partial charge is 0.0337 e. The Hall–Kier alpha value is -0.860. The second kappa shape index (κ2) is 7.42.